The number of aromatic nitrogens is 1. The molecule has 0 aliphatic rings. The Morgan fingerprint density at radius 1 is 1.00 bits per heavy atom. The van der Waals surface area contributed by atoms with Crippen LogP contribution in [0.15, 0.2) is 54.9 Å². The maximum Gasteiger partial charge on any atom is 0.0371 e. The summed E-state index contributed by atoms with van der Waals surface area (Å²) < 4.78 is 0. The van der Waals surface area contributed by atoms with E-state index in [0.717, 1.165) is 12.2 Å². The quantitative estimate of drug-likeness (QED) is 0.863. The maximum atomic E-state index is 4.01. The van der Waals surface area contributed by atoms with Gasteiger partial charge in [-0.05, 0) is 17.7 Å². The largest absolute Gasteiger partial charge is 0.384 e. The van der Waals surface area contributed by atoms with Crippen LogP contribution in [0, 0.1) is 0 Å². The van der Waals surface area contributed by atoms with Gasteiger partial charge in [-0.3, -0.25) is 4.98 Å². The summed E-state index contributed by atoms with van der Waals surface area (Å²) in [4.78, 5) is 4.01. The first-order valence-electron chi connectivity index (χ1n) is 5.88. The van der Waals surface area contributed by atoms with Crippen LogP contribution in [-0.2, 0) is 5.41 Å². The van der Waals surface area contributed by atoms with Gasteiger partial charge in [0.05, 0.1) is 0 Å². The average Bonchev–Trinajstić information content (AvgIpc) is 2.39. The molecule has 0 saturated heterocycles. The molecule has 0 aliphatic carbocycles. The molecule has 1 aromatic heterocycles. The highest BCUT2D eigenvalue weighted by Gasteiger charge is 2.19. The van der Waals surface area contributed by atoms with Gasteiger partial charge in [0.2, 0.25) is 0 Å². The second-order valence-electron chi connectivity index (χ2n) is 4.84. The maximum absolute atomic E-state index is 4.01. The summed E-state index contributed by atoms with van der Waals surface area (Å²) in [7, 11) is 0. The van der Waals surface area contributed by atoms with E-state index in [1.165, 1.54) is 5.56 Å². The average molecular weight is 226 g/mol. The van der Waals surface area contributed by atoms with Crippen LogP contribution in [0.3, 0.4) is 0 Å². The van der Waals surface area contributed by atoms with E-state index in [1.54, 1.807) is 12.4 Å². The zero-order valence-corrected chi connectivity index (χ0v) is 10.4. The van der Waals surface area contributed by atoms with Crippen molar-refractivity contribution in [2.45, 2.75) is 19.3 Å². The molecule has 2 rings (SSSR count). The van der Waals surface area contributed by atoms with Crippen LogP contribution < -0.4 is 5.32 Å². The van der Waals surface area contributed by atoms with Gasteiger partial charge in [-0.25, -0.2) is 0 Å². The van der Waals surface area contributed by atoms with Crippen LogP contribution in [0.25, 0.3) is 0 Å². The zero-order valence-electron chi connectivity index (χ0n) is 10.4. The van der Waals surface area contributed by atoms with Crippen LogP contribution in [0.1, 0.15) is 19.4 Å². The summed E-state index contributed by atoms with van der Waals surface area (Å²) in [6.45, 7) is 5.40. The molecule has 0 fully saturated rings. The summed E-state index contributed by atoms with van der Waals surface area (Å²) in [6, 6.07) is 14.5. The van der Waals surface area contributed by atoms with Crippen LogP contribution in [0.4, 0.5) is 5.69 Å². The topological polar surface area (TPSA) is 24.9 Å². The predicted molar refractivity (Wildman–Crippen MR) is 72.2 cm³/mol. The first-order chi connectivity index (χ1) is 8.18. The molecule has 2 nitrogen and oxygen atoms in total. The van der Waals surface area contributed by atoms with Gasteiger partial charge in [0.25, 0.3) is 0 Å². The number of rotatable bonds is 4. The molecule has 2 aromatic rings. The van der Waals surface area contributed by atoms with E-state index in [9.17, 15) is 0 Å². The minimum atomic E-state index is 0.116. The Balaban J connectivity index is 2.03. The number of pyridine rings is 1. The molecule has 1 aromatic carbocycles. The minimum Gasteiger partial charge on any atom is -0.384 e. The van der Waals surface area contributed by atoms with Crippen molar-refractivity contribution in [3.05, 3.63) is 60.4 Å². The number of nitrogens with zero attached hydrogens (tertiary/aromatic N) is 1. The number of benzene rings is 1. The third-order valence-corrected chi connectivity index (χ3v) is 2.97. The Bertz CT molecular complexity index is 449. The van der Waals surface area contributed by atoms with Crippen molar-refractivity contribution in [3.63, 3.8) is 0 Å². The lowest BCUT2D eigenvalue weighted by atomic mass is 9.84. The Hall–Kier alpha value is -1.83. The van der Waals surface area contributed by atoms with Crippen molar-refractivity contribution in [2.24, 2.45) is 0 Å². The second kappa shape index (κ2) is 5.00. The smallest absolute Gasteiger partial charge is 0.0371 e. The first-order valence-corrected chi connectivity index (χ1v) is 5.88. The Kier molecular flexibility index (Phi) is 3.43. The molecule has 0 radical (unpaired) electrons. The second-order valence-corrected chi connectivity index (χ2v) is 4.84. The van der Waals surface area contributed by atoms with Crippen LogP contribution in [-0.4, -0.2) is 11.5 Å². The Morgan fingerprint density at radius 2 is 1.65 bits per heavy atom. The molecule has 0 aliphatic heterocycles. The van der Waals surface area contributed by atoms with Gasteiger partial charge in [0.1, 0.15) is 0 Å². The van der Waals surface area contributed by atoms with Gasteiger partial charge in [-0.1, -0.05) is 44.2 Å². The molecular weight excluding hydrogens is 208 g/mol. The molecule has 1 heterocycles. The fourth-order valence-electron chi connectivity index (χ4n) is 1.78. The lowest BCUT2D eigenvalue weighted by molar-refractivity contribution is 0.557. The highest BCUT2D eigenvalue weighted by Crippen LogP contribution is 2.23. The van der Waals surface area contributed by atoms with E-state index >= 15 is 0 Å². The van der Waals surface area contributed by atoms with Gasteiger partial charge in [-0.15, -0.1) is 0 Å². The summed E-state index contributed by atoms with van der Waals surface area (Å²) in [5.74, 6) is 0. The molecule has 0 saturated carbocycles. The lowest BCUT2D eigenvalue weighted by Gasteiger charge is -2.26. The standard InChI is InChI=1S/C15H18N2/c1-15(2,13-6-4-3-5-7-13)12-17-14-8-10-16-11-9-14/h3-11H,12H2,1-2H3,(H,16,17). The minimum absolute atomic E-state index is 0.116. The predicted octanol–water partition coefficient (Wildman–Crippen LogP) is 3.47. The van der Waals surface area contributed by atoms with E-state index in [1.807, 2.05) is 12.1 Å². The molecule has 0 amide bonds. The van der Waals surface area contributed by atoms with Crippen LogP contribution in [0.2, 0.25) is 0 Å². The highest BCUT2D eigenvalue weighted by molar-refractivity contribution is 5.42. The Morgan fingerprint density at radius 3 is 2.29 bits per heavy atom. The van der Waals surface area contributed by atoms with Crippen molar-refractivity contribution in [1.82, 2.24) is 4.98 Å². The summed E-state index contributed by atoms with van der Waals surface area (Å²) in [6.07, 6.45) is 3.61. The number of anilines is 1. The highest BCUT2D eigenvalue weighted by atomic mass is 14.9. The molecule has 0 spiro atoms. The monoisotopic (exact) mass is 226 g/mol. The van der Waals surface area contributed by atoms with Gasteiger partial charge < -0.3 is 5.32 Å². The van der Waals surface area contributed by atoms with Crippen molar-refractivity contribution < 1.29 is 0 Å². The molecule has 2 heteroatoms. The van der Waals surface area contributed by atoms with E-state index < -0.39 is 0 Å². The van der Waals surface area contributed by atoms with E-state index in [2.05, 4.69) is 54.5 Å². The summed E-state index contributed by atoms with van der Waals surface area (Å²) >= 11 is 0. The van der Waals surface area contributed by atoms with Gasteiger partial charge in [0.15, 0.2) is 0 Å². The number of hydrogen-bond donors (Lipinski definition) is 1. The van der Waals surface area contributed by atoms with Gasteiger partial charge >= 0.3 is 0 Å². The summed E-state index contributed by atoms with van der Waals surface area (Å²) in [5, 5.41) is 3.44. The fraction of sp³-hybridized carbons (Fsp3) is 0.267. The SMILES string of the molecule is CC(C)(CNc1ccncc1)c1ccccc1. The zero-order chi connectivity index (χ0) is 12.1. The molecule has 0 bridgehead atoms. The normalized spacial score (nSPS) is 11.2. The van der Waals surface area contributed by atoms with Crippen molar-refractivity contribution in [1.29, 1.82) is 0 Å². The lowest BCUT2D eigenvalue weighted by Crippen LogP contribution is -2.27. The molecular formula is C15H18N2. The van der Waals surface area contributed by atoms with Crippen molar-refractivity contribution in [2.75, 3.05) is 11.9 Å². The van der Waals surface area contributed by atoms with E-state index in [0.29, 0.717) is 0 Å². The molecule has 1 N–H and O–H groups in total. The van der Waals surface area contributed by atoms with Gasteiger partial charge in [-0.2, -0.15) is 0 Å². The molecule has 88 valence electrons. The number of nitrogens with one attached hydrogen (secondary N) is 1. The molecule has 17 heavy (non-hydrogen) atoms. The van der Waals surface area contributed by atoms with E-state index in [4.69, 9.17) is 0 Å². The van der Waals surface area contributed by atoms with Gasteiger partial charge in [0, 0.05) is 30.0 Å². The van der Waals surface area contributed by atoms with Crippen LogP contribution >= 0.6 is 0 Å². The molecule has 0 unspecified atom stereocenters. The van der Waals surface area contributed by atoms with Crippen molar-refractivity contribution in [3.8, 4) is 0 Å². The van der Waals surface area contributed by atoms with Crippen molar-refractivity contribution >= 4 is 5.69 Å². The first kappa shape index (κ1) is 11.6. The Labute approximate surface area is 103 Å². The van der Waals surface area contributed by atoms with E-state index in [-0.39, 0.29) is 5.41 Å². The number of hydrogen-bond acceptors (Lipinski definition) is 2. The fourth-order valence-corrected chi connectivity index (χ4v) is 1.78. The molecule has 0 atom stereocenters. The third kappa shape index (κ3) is 3.06. The van der Waals surface area contributed by atoms with Crippen LogP contribution in [0.5, 0.6) is 0 Å². The summed E-state index contributed by atoms with van der Waals surface area (Å²) in [5.41, 5.74) is 2.58. The third-order valence-electron chi connectivity index (χ3n) is 2.97.